The summed E-state index contributed by atoms with van der Waals surface area (Å²) in [7, 11) is 0. The second kappa shape index (κ2) is 4.79. The molecular weight excluding hydrogens is 303 g/mol. The van der Waals surface area contributed by atoms with Crippen molar-refractivity contribution in [1.29, 1.82) is 0 Å². The number of hydrogen-bond acceptors (Lipinski definition) is 1. The molecule has 25 heavy (non-hydrogen) atoms. The molecule has 0 unspecified atom stereocenters. The van der Waals surface area contributed by atoms with Gasteiger partial charge in [-0.15, -0.1) is 0 Å². The van der Waals surface area contributed by atoms with E-state index < -0.39 is 0 Å². The van der Waals surface area contributed by atoms with Crippen LogP contribution in [-0.2, 0) is 5.41 Å². The van der Waals surface area contributed by atoms with Crippen LogP contribution in [-0.4, -0.2) is 6.71 Å². The van der Waals surface area contributed by atoms with E-state index in [1.807, 2.05) is 0 Å². The van der Waals surface area contributed by atoms with Crippen molar-refractivity contribution in [3.63, 3.8) is 0 Å². The average molecular weight is 324 g/mol. The van der Waals surface area contributed by atoms with Crippen LogP contribution in [0.4, 0.5) is 0 Å². The molecule has 0 aromatic heterocycles. The summed E-state index contributed by atoms with van der Waals surface area (Å²) in [6.45, 7) is 9.22. The molecule has 122 valence electrons. The van der Waals surface area contributed by atoms with Gasteiger partial charge in [-0.25, -0.2) is 0 Å². The van der Waals surface area contributed by atoms with Gasteiger partial charge in [0, 0.05) is 5.41 Å². The molecular formula is C23H21BO. The zero-order valence-electron chi connectivity index (χ0n) is 15.2. The molecule has 0 amide bonds. The Morgan fingerprint density at radius 1 is 0.720 bits per heavy atom. The Morgan fingerprint density at radius 3 is 2.28 bits per heavy atom. The van der Waals surface area contributed by atoms with Gasteiger partial charge in [0.15, 0.2) is 0 Å². The number of fused-ring (bicyclic) bond motifs is 4. The molecule has 1 nitrogen and oxygen atoms in total. The van der Waals surface area contributed by atoms with Gasteiger partial charge in [0.05, 0.1) is 0 Å². The fourth-order valence-corrected chi connectivity index (χ4v) is 4.76. The van der Waals surface area contributed by atoms with E-state index in [1.54, 1.807) is 0 Å². The van der Waals surface area contributed by atoms with E-state index in [0.29, 0.717) is 0 Å². The van der Waals surface area contributed by atoms with Crippen LogP contribution in [0, 0.1) is 13.8 Å². The third-order valence-corrected chi connectivity index (χ3v) is 6.06. The zero-order chi connectivity index (χ0) is 17.3. The van der Waals surface area contributed by atoms with Gasteiger partial charge in [0.25, 0.3) is 6.71 Å². The molecule has 0 atom stereocenters. The van der Waals surface area contributed by atoms with Crippen molar-refractivity contribution in [1.82, 2.24) is 0 Å². The summed E-state index contributed by atoms with van der Waals surface area (Å²) in [5, 5.41) is 0. The standard InChI is InChI=1S/C23H21BO/c1-14-8-7-11-19-21(14)25-22-15(2)12-13-17-20(22)24(19)18-10-6-5-9-16(18)23(17,3)4/h5-13H,1-4H3. The number of para-hydroxylation sites is 1. The first-order valence-corrected chi connectivity index (χ1v) is 9.01. The predicted octanol–water partition coefficient (Wildman–Crippen LogP) is 3.56. The van der Waals surface area contributed by atoms with Crippen LogP contribution in [0.5, 0.6) is 11.5 Å². The van der Waals surface area contributed by atoms with Gasteiger partial charge in [-0.3, -0.25) is 0 Å². The third kappa shape index (κ3) is 1.80. The molecule has 3 aromatic rings. The van der Waals surface area contributed by atoms with Crippen LogP contribution < -0.4 is 21.1 Å². The molecule has 0 saturated heterocycles. The normalized spacial score (nSPS) is 15.8. The third-order valence-electron chi connectivity index (χ3n) is 6.06. The molecule has 3 aromatic carbocycles. The Balaban J connectivity index is 1.94. The minimum absolute atomic E-state index is 0.0183. The van der Waals surface area contributed by atoms with Gasteiger partial charge in [0.1, 0.15) is 11.5 Å². The average Bonchev–Trinajstić information content (AvgIpc) is 2.60. The van der Waals surface area contributed by atoms with Gasteiger partial charge < -0.3 is 4.74 Å². The van der Waals surface area contributed by atoms with Crippen LogP contribution in [0.2, 0.25) is 0 Å². The van der Waals surface area contributed by atoms with Gasteiger partial charge in [-0.1, -0.05) is 73.9 Å². The Labute approximate surface area is 149 Å². The smallest absolute Gasteiger partial charge is 0.251 e. The van der Waals surface area contributed by atoms with E-state index in [2.05, 4.69) is 82.3 Å². The first-order valence-electron chi connectivity index (χ1n) is 9.01. The Morgan fingerprint density at radius 2 is 1.44 bits per heavy atom. The molecule has 0 N–H and O–H groups in total. The second-order valence-corrected chi connectivity index (χ2v) is 7.91. The van der Waals surface area contributed by atoms with Crippen molar-refractivity contribution in [2.75, 3.05) is 0 Å². The number of benzene rings is 3. The predicted molar refractivity (Wildman–Crippen MR) is 106 cm³/mol. The number of hydrogen-bond donors (Lipinski definition) is 0. The van der Waals surface area contributed by atoms with Crippen LogP contribution in [0.25, 0.3) is 0 Å². The van der Waals surface area contributed by atoms with Crippen LogP contribution >= 0.6 is 0 Å². The van der Waals surface area contributed by atoms with Gasteiger partial charge in [-0.05, 0) is 47.0 Å². The Hall–Kier alpha value is -2.48. The lowest BCUT2D eigenvalue weighted by Gasteiger charge is -2.42. The molecule has 0 bridgehead atoms. The molecule has 0 spiro atoms. The molecule has 0 fully saturated rings. The van der Waals surface area contributed by atoms with Crippen molar-refractivity contribution < 1.29 is 4.74 Å². The quantitative estimate of drug-likeness (QED) is 0.449. The fourth-order valence-electron chi connectivity index (χ4n) is 4.76. The highest BCUT2D eigenvalue weighted by Crippen LogP contribution is 2.39. The number of aryl methyl sites for hydroxylation is 2. The highest BCUT2D eigenvalue weighted by Gasteiger charge is 2.45. The van der Waals surface area contributed by atoms with Crippen molar-refractivity contribution in [3.05, 3.63) is 76.9 Å². The molecule has 2 aliphatic heterocycles. The van der Waals surface area contributed by atoms with Crippen molar-refractivity contribution >= 4 is 23.1 Å². The molecule has 2 aliphatic rings. The Bertz CT molecular complexity index is 1030. The fraction of sp³-hybridized carbons (Fsp3) is 0.217. The molecule has 2 heterocycles. The molecule has 0 radical (unpaired) electrons. The maximum atomic E-state index is 6.49. The summed E-state index contributed by atoms with van der Waals surface area (Å²) in [6.07, 6.45) is 0. The minimum atomic E-state index is -0.0183. The van der Waals surface area contributed by atoms with E-state index in [1.165, 1.54) is 38.6 Å². The maximum Gasteiger partial charge on any atom is 0.251 e. The van der Waals surface area contributed by atoms with E-state index in [0.717, 1.165) is 11.5 Å². The van der Waals surface area contributed by atoms with Crippen molar-refractivity contribution in [2.24, 2.45) is 0 Å². The highest BCUT2D eigenvalue weighted by atomic mass is 16.5. The summed E-state index contributed by atoms with van der Waals surface area (Å²) in [5.74, 6) is 2.10. The lowest BCUT2D eigenvalue weighted by atomic mass is 9.30. The van der Waals surface area contributed by atoms with Gasteiger partial charge in [-0.2, -0.15) is 0 Å². The van der Waals surface area contributed by atoms with E-state index >= 15 is 0 Å². The lowest BCUT2D eigenvalue weighted by molar-refractivity contribution is 0.477. The van der Waals surface area contributed by atoms with Crippen molar-refractivity contribution in [2.45, 2.75) is 33.1 Å². The maximum absolute atomic E-state index is 6.49. The largest absolute Gasteiger partial charge is 0.458 e. The van der Waals surface area contributed by atoms with Crippen LogP contribution in [0.15, 0.2) is 54.6 Å². The Kier molecular flexibility index (Phi) is 2.84. The van der Waals surface area contributed by atoms with Gasteiger partial charge in [0.2, 0.25) is 0 Å². The molecule has 5 rings (SSSR count). The molecule has 0 saturated carbocycles. The molecule has 2 heteroatoms. The first kappa shape index (κ1) is 14.8. The number of rotatable bonds is 0. The minimum Gasteiger partial charge on any atom is -0.458 e. The second-order valence-electron chi connectivity index (χ2n) is 7.91. The topological polar surface area (TPSA) is 9.23 Å². The SMILES string of the molecule is Cc1cccc2c1Oc1c(C)ccc3c1B2c1ccccc1C3(C)C. The lowest BCUT2D eigenvalue weighted by Crippen LogP contribution is -2.62. The zero-order valence-corrected chi connectivity index (χ0v) is 15.2. The molecule has 0 aliphatic carbocycles. The summed E-state index contributed by atoms with van der Waals surface area (Å²) >= 11 is 0. The number of ether oxygens (including phenoxy) is 1. The van der Waals surface area contributed by atoms with E-state index in [9.17, 15) is 0 Å². The van der Waals surface area contributed by atoms with Crippen LogP contribution in [0.3, 0.4) is 0 Å². The summed E-state index contributed by atoms with van der Waals surface area (Å²) in [4.78, 5) is 0. The monoisotopic (exact) mass is 324 g/mol. The highest BCUT2D eigenvalue weighted by molar-refractivity contribution is 6.98. The van der Waals surface area contributed by atoms with Crippen molar-refractivity contribution in [3.8, 4) is 11.5 Å². The van der Waals surface area contributed by atoms with Gasteiger partial charge >= 0.3 is 0 Å². The summed E-state index contributed by atoms with van der Waals surface area (Å²) in [6, 6.07) is 20.0. The first-order chi connectivity index (χ1) is 12.0. The summed E-state index contributed by atoms with van der Waals surface area (Å²) in [5.41, 5.74) is 9.30. The van der Waals surface area contributed by atoms with Crippen LogP contribution in [0.1, 0.15) is 36.1 Å². The van der Waals surface area contributed by atoms with E-state index in [4.69, 9.17) is 4.74 Å². The summed E-state index contributed by atoms with van der Waals surface area (Å²) < 4.78 is 6.49. The van der Waals surface area contributed by atoms with E-state index in [-0.39, 0.29) is 12.1 Å².